The fourth-order valence-corrected chi connectivity index (χ4v) is 0.498. The fourth-order valence-electron chi connectivity index (χ4n) is 0.498. The van der Waals surface area contributed by atoms with E-state index in [2.05, 4.69) is 9.40 Å². The van der Waals surface area contributed by atoms with Crippen LogP contribution in [-0.4, -0.2) is 17.4 Å². The number of halogens is 2. The minimum Gasteiger partial charge on any atom is -0.451 e. The Balaban J connectivity index is 2.57. The molecule has 0 spiro atoms. The summed E-state index contributed by atoms with van der Waals surface area (Å²) in [6, 6.07) is 0. The standard InChI is InChI=1S/C5H4F2N2O2/c6-5(7)9-4(10)3-1-11-2-8-3/h1-2,5H,(H,9,10). The van der Waals surface area contributed by atoms with Gasteiger partial charge in [-0.15, -0.1) is 0 Å². The molecule has 0 saturated heterocycles. The highest BCUT2D eigenvalue weighted by molar-refractivity contribution is 5.91. The van der Waals surface area contributed by atoms with Crippen LogP contribution in [-0.2, 0) is 0 Å². The van der Waals surface area contributed by atoms with Crippen LogP contribution in [0.3, 0.4) is 0 Å². The number of aromatic nitrogens is 1. The molecule has 0 aliphatic rings. The van der Waals surface area contributed by atoms with Crippen LogP contribution >= 0.6 is 0 Å². The van der Waals surface area contributed by atoms with E-state index in [1.54, 1.807) is 0 Å². The van der Waals surface area contributed by atoms with Crippen molar-refractivity contribution >= 4 is 5.91 Å². The highest BCUT2D eigenvalue weighted by atomic mass is 19.3. The van der Waals surface area contributed by atoms with Gasteiger partial charge in [0.1, 0.15) is 6.26 Å². The maximum Gasteiger partial charge on any atom is 0.315 e. The molecule has 1 rings (SSSR count). The maximum atomic E-state index is 11.5. The Morgan fingerprint density at radius 2 is 2.45 bits per heavy atom. The van der Waals surface area contributed by atoms with E-state index in [0.717, 1.165) is 12.7 Å². The smallest absolute Gasteiger partial charge is 0.315 e. The van der Waals surface area contributed by atoms with Crippen LogP contribution in [0.25, 0.3) is 0 Å². The summed E-state index contributed by atoms with van der Waals surface area (Å²) in [6.45, 7) is -2.88. The van der Waals surface area contributed by atoms with Gasteiger partial charge in [0.15, 0.2) is 12.1 Å². The Morgan fingerprint density at radius 1 is 1.73 bits per heavy atom. The molecule has 0 unspecified atom stereocenters. The van der Waals surface area contributed by atoms with Crippen LogP contribution in [0.4, 0.5) is 8.78 Å². The van der Waals surface area contributed by atoms with Crippen LogP contribution in [0.15, 0.2) is 17.1 Å². The maximum absolute atomic E-state index is 11.5. The molecule has 1 aromatic heterocycles. The van der Waals surface area contributed by atoms with Crippen LogP contribution in [0.5, 0.6) is 0 Å². The van der Waals surface area contributed by atoms with Gasteiger partial charge in [0.2, 0.25) is 0 Å². The number of nitrogens with one attached hydrogen (secondary N) is 1. The molecule has 4 nitrogen and oxygen atoms in total. The molecule has 6 heteroatoms. The van der Waals surface area contributed by atoms with Gasteiger partial charge in [0, 0.05) is 0 Å². The van der Waals surface area contributed by atoms with Crippen molar-refractivity contribution in [2.45, 2.75) is 6.55 Å². The first-order valence-corrected chi connectivity index (χ1v) is 2.67. The molecule has 1 N–H and O–H groups in total. The summed E-state index contributed by atoms with van der Waals surface area (Å²) >= 11 is 0. The predicted molar refractivity (Wildman–Crippen MR) is 30.0 cm³/mol. The Hall–Kier alpha value is -1.46. The minimum absolute atomic E-state index is 0.162. The SMILES string of the molecule is O=C(NC(F)F)c1cocn1. The van der Waals surface area contributed by atoms with Gasteiger partial charge < -0.3 is 4.42 Å². The zero-order valence-corrected chi connectivity index (χ0v) is 5.25. The molecule has 1 aromatic rings. The van der Waals surface area contributed by atoms with Crippen molar-refractivity contribution in [1.82, 2.24) is 10.3 Å². The van der Waals surface area contributed by atoms with Gasteiger partial charge in [0.05, 0.1) is 0 Å². The number of oxazole rings is 1. The number of rotatable bonds is 2. The summed E-state index contributed by atoms with van der Waals surface area (Å²) in [5.74, 6) is -0.950. The molecular formula is C5H4F2N2O2. The predicted octanol–water partition coefficient (Wildman–Crippen LogP) is 0.627. The first-order valence-electron chi connectivity index (χ1n) is 2.67. The van der Waals surface area contributed by atoms with Gasteiger partial charge in [-0.25, -0.2) is 4.98 Å². The van der Waals surface area contributed by atoms with Crippen LogP contribution in [0.1, 0.15) is 10.5 Å². The van der Waals surface area contributed by atoms with E-state index in [4.69, 9.17) is 0 Å². The zero-order valence-electron chi connectivity index (χ0n) is 5.25. The lowest BCUT2D eigenvalue weighted by Gasteiger charge is -1.97. The number of hydrogen-bond acceptors (Lipinski definition) is 3. The Labute approximate surface area is 60.2 Å². The second kappa shape index (κ2) is 3.09. The molecule has 1 heterocycles. The summed E-state index contributed by atoms with van der Waals surface area (Å²) < 4.78 is 27.4. The van der Waals surface area contributed by atoms with E-state index in [0.29, 0.717) is 0 Å². The Kier molecular flexibility index (Phi) is 2.15. The third-order valence-corrected chi connectivity index (χ3v) is 0.905. The molecule has 0 radical (unpaired) electrons. The Bertz CT molecular complexity index is 235. The Morgan fingerprint density at radius 3 is 2.91 bits per heavy atom. The van der Waals surface area contributed by atoms with Crippen LogP contribution in [0, 0.1) is 0 Å². The molecule has 0 aliphatic heterocycles. The molecule has 0 bridgehead atoms. The summed E-state index contributed by atoms with van der Waals surface area (Å²) in [7, 11) is 0. The van der Waals surface area contributed by atoms with E-state index >= 15 is 0 Å². The topological polar surface area (TPSA) is 55.1 Å². The fraction of sp³-hybridized carbons (Fsp3) is 0.200. The molecule has 1 amide bonds. The first kappa shape index (κ1) is 7.64. The van der Waals surface area contributed by atoms with Crippen LogP contribution in [0.2, 0.25) is 0 Å². The van der Waals surface area contributed by atoms with Gasteiger partial charge in [-0.3, -0.25) is 10.1 Å². The summed E-state index contributed by atoms with van der Waals surface area (Å²) in [5.41, 5.74) is -0.162. The first-order chi connectivity index (χ1) is 5.20. The lowest BCUT2D eigenvalue weighted by atomic mass is 10.5. The van der Waals surface area contributed by atoms with Crippen molar-refractivity contribution in [3.05, 3.63) is 18.4 Å². The number of carbonyl (C=O) groups excluding carboxylic acids is 1. The van der Waals surface area contributed by atoms with Crippen LogP contribution < -0.4 is 5.32 Å². The quantitative estimate of drug-likeness (QED) is 0.648. The summed E-state index contributed by atoms with van der Waals surface area (Å²) in [6.07, 6.45) is 1.97. The highest BCUT2D eigenvalue weighted by Crippen LogP contribution is 1.95. The largest absolute Gasteiger partial charge is 0.451 e. The molecule has 0 saturated carbocycles. The van der Waals surface area contributed by atoms with E-state index < -0.39 is 12.5 Å². The van der Waals surface area contributed by atoms with Gasteiger partial charge in [0.25, 0.3) is 5.91 Å². The van der Waals surface area contributed by atoms with Gasteiger partial charge in [-0.1, -0.05) is 0 Å². The summed E-state index contributed by atoms with van der Waals surface area (Å²) in [5, 5.41) is 1.35. The molecule has 0 atom stereocenters. The normalized spacial score (nSPS) is 10.1. The van der Waals surface area contributed by atoms with E-state index in [-0.39, 0.29) is 5.69 Å². The van der Waals surface area contributed by atoms with Crippen molar-refractivity contribution < 1.29 is 18.0 Å². The lowest BCUT2D eigenvalue weighted by molar-refractivity contribution is 0.0694. The monoisotopic (exact) mass is 162 g/mol. The van der Waals surface area contributed by atoms with Crippen molar-refractivity contribution in [2.75, 3.05) is 0 Å². The van der Waals surface area contributed by atoms with Crippen molar-refractivity contribution in [3.8, 4) is 0 Å². The second-order valence-corrected chi connectivity index (χ2v) is 1.65. The number of amides is 1. The average molecular weight is 162 g/mol. The number of alkyl halides is 2. The second-order valence-electron chi connectivity index (χ2n) is 1.65. The minimum atomic E-state index is -2.88. The summed E-state index contributed by atoms with van der Waals surface area (Å²) in [4.78, 5) is 14.0. The number of hydrogen-bond donors (Lipinski definition) is 1. The molecule has 60 valence electrons. The van der Waals surface area contributed by atoms with E-state index in [1.807, 2.05) is 0 Å². The van der Waals surface area contributed by atoms with Crippen molar-refractivity contribution in [2.24, 2.45) is 0 Å². The lowest BCUT2D eigenvalue weighted by Crippen LogP contribution is -2.28. The highest BCUT2D eigenvalue weighted by Gasteiger charge is 2.12. The van der Waals surface area contributed by atoms with Crippen molar-refractivity contribution in [3.63, 3.8) is 0 Å². The number of carbonyl (C=O) groups is 1. The van der Waals surface area contributed by atoms with Gasteiger partial charge >= 0.3 is 6.55 Å². The molecule has 0 aliphatic carbocycles. The van der Waals surface area contributed by atoms with Gasteiger partial charge in [-0.05, 0) is 0 Å². The molecule has 0 fully saturated rings. The van der Waals surface area contributed by atoms with E-state index in [9.17, 15) is 13.6 Å². The molecule has 11 heavy (non-hydrogen) atoms. The third kappa shape index (κ3) is 1.99. The van der Waals surface area contributed by atoms with Gasteiger partial charge in [-0.2, -0.15) is 8.78 Å². The molecule has 0 aromatic carbocycles. The van der Waals surface area contributed by atoms with E-state index in [1.165, 1.54) is 5.32 Å². The third-order valence-electron chi connectivity index (χ3n) is 0.905. The number of nitrogens with zero attached hydrogens (tertiary/aromatic N) is 1. The zero-order chi connectivity index (χ0) is 8.27. The molecular weight excluding hydrogens is 158 g/mol. The average Bonchev–Trinajstić information content (AvgIpc) is 2.35. The van der Waals surface area contributed by atoms with Crippen molar-refractivity contribution in [1.29, 1.82) is 0 Å².